The SMILES string of the molecule is Cc1ccc(COC2C[C@](OCc3ccc(F)cc3)(C(=O)NCCN3CCCC3)C[C@H]3OC(C)(C)O[C@@H]23)cc1. The largest absolute Gasteiger partial charge is 0.371 e. The number of nitrogens with zero attached hydrogens (tertiary/aromatic N) is 1. The molecule has 0 radical (unpaired) electrons. The molecule has 1 amide bonds. The molecule has 0 spiro atoms. The first-order valence-corrected chi connectivity index (χ1v) is 14.1. The maximum Gasteiger partial charge on any atom is 0.252 e. The van der Waals surface area contributed by atoms with Crippen LogP contribution in [0.3, 0.4) is 0 Å². The van der Waals surface area contributed by atoms with Crippen molar-refractivity contribution in [1.29, 1.82) is 0 Å². The van der Waals surface area contributed by atoms with E-state index in [1.54, 1.807) is 12.1 Å². The molecule has 2 aromatic carbocycles. The summed E-state index contributed by atoms with van der Waals surface area (Å²) in [4.78, 5) is 16.3. The van der Waals surface area contributed by atoms with Gasteiger partial charge in [0.25, 0.3) is 5.91 Å². The molecule has 39 heavy (non-hydrogen) atoms. The van der Waals surface area contributed by atoms with E-state index in [1.165, 1.54) is 30.5 Å². The number of carbonyl (C=O) groups excluding carboxylic acids is 1. The number of ether oxygens (including phenoxy) is 4. The van der Waals surface area contributed by atoms with Crippen LogP contribution in [0.15, 0.2) is 48.5 Å². The smallest absolute Gasteiger partial charge is 0.252 e. The molecule has 2 saturated heterocycles. The van der Waals surface area contributed by atoms with Crippen LogP contribution in [0.4, 0.5) is 4.39 Å². The number of rotatable bonds is 10. The van der Waals surface area contributed by atoms with Crippen LogP contribution in [0.5, 0.6) is 0 Å². The van der Waals surface area contributed by atoms with Gasteiger partial charge in [-0.15, -0.1) is 0 Å². The van der Waals surface area contributed by atoms with Gasteiger partial charge >= 0.3 is 0 Å². The van der Waals surface area contributed by atoms with Crippen LogP contribution in [-0.4, -0.2) is 66.7 Å². The number of nitrogens with one attached hydrogen (secondary N) is 1. The number of hydrogen-bond acceptors (Lipinski definition) is 6. The lowest BCUT2D eigenvalue weighted by molar-refractivity contribution is -0.183. The van der Waals surface area contributed by atoms with Gasteiger partial charge in [0.2, 0.25) is 0 Å². The average Bonchev–Trinajstić information content (AvgIpc) is 3.54. The van der Waals surface area contributed by atoms with E-state index < -0.39 is 17.5 Å². The van der Waals surface area contributed by atoms with Gasteiger partial charge in [-0.3, -0.25) is 4.79 Å². The number of fused-ring (bicyclic) bond motifs is 1. The lowest BCUT2D eigenvalue weighted by atomic mass is 9.78. The molecular formula is C31H41FN2O5. The van der Waals surface area contributed by atoms with Crippen LogP contribution in [0.2, 0.25) is 0 Å². The second kappa shape index (κ2) is 12.0. The lowest BCUT2D eigenvalue weighted by Crippen LogP contribution is -2.60. The molecule has 212 valence electrons. The highest BCUT2D eigenvalue weighted by Crippen LogP contribution is 2.44. The van der Waals surface area contributed by atoms with Crippen molar-refractivity contribution in [3.05, 3.63) is 71.0 Å². The van der Waals surface area contributed by atoms with E-state index >= 15 is 0 Å². The van der Waals surface area contributed by atoms with Crippen LogP contribution >= 0.6 is 0 Å². The van der Waals surface area contributed by atoms with E-state index in [9.17, 15) is 9.18 Å². The lowest BCUT2D eigenvalue weighted by Gasteiger charge is -2.43. The minimum absolute atomic E-state index is 0.167. The first kappa shape index (κ1) is 28.2. The highest BCUT2D eigenvalue weighted by atomic mass is 19.1. The molecular weight excluding hydrogens is 499 g/mol. The molecule has 0 bridgehead atoms. The van der Waals surface area contributed by atoms with Crippen molar-refractivity contribution < 1.29 is 28.1 Å². The fourth-order valence-electron chi connectivity index (χ4n) is 5.89. The van der Waals surface area contributed by atoms with Gasteiger partial charge in [0.15, 0.2) is 11.4 Å². The summed E-state index contributed by atoms with van der Waals surface area (Å²) in [5, 5.41) is 3.15. The number of amides is 1. The number of carbonyl (C=O) groups is 1. The van der Waals surface area contributed by atoms with E-state index in [0.717, 1.165) is 30.8 Å². The first-order chi connectivity index (χ1) is 18.7. The Hall–Kier alpha value is -2.36. The third-order valence-electron chi connectivity index (χ3n) is 7.99. The first-order valence-electron chi connectivity index (χ1n) is 14.1. The van der Waals surface area contributed by atoms with Gasteiger partial charge in [-0.2, -0.15) is 0 Å². The topological polar surface area (TPSA) is 69.3 Å². The zero-order valence-corrected chi connectivity index (χ0v) is 23.3. The molecule has 7 nitrogen and oxygen atoms in total. The molecule has 2 heterocycles. The number of aryl methyl sites for hydroxylation is 1. The summed E-state index contributed by atoms with van der Waals surface area (Å²) in [5.74, 6) is -1.27. The summed E-state index contributed by atoms with van der Waals surface area (Å²) in [7, 11) is 0. The Morgan fingerprint density at radius 1 is 1.00 bits per heavy atom. The molecule has 2 aromatic rings. The summed E-state index contributed by atoms with van der Waals surface area (Å²) in [6.45, 7) is 9.89. The predicted octanol–water partition coefficient (Wildman–Crippen LogP) is 4.50. The van der Waals surface area contributed by atoms with E-state index in [0.29, 0.717) is 26.0 Å². The van der Waals surface area contributed by atoms with E-state index in [2.05, 4.69) is 41.4 Å². The Bertz CT molecular complexity index is 1100. The molecule has 1 unspecified atom stereocenters. The van der Waals surface area contributed by atoms with Crippen molar-refractivity contribution in [3.63, 3.8) is 0 Å². The standard InChI is InChI=1S/C31H41FN2O5/c1-22-6-8-23(9-7-22)20-36-26-18-31(19-27-28(26)39-30(2,3)38-27,37-21-24-10-12-25(32)13-11-24)29(35)33-14-17-34-15-4-5-16-34/h6-13,26-28H,4-5,14-21H2,1-3H3,(H,33,35)/t26?,27-,28+,31-/m1/s1. The van der Waals surface area contributed by atoms with Gasteiger partial charge in [-0.1, -0.05) is 42.0 Å². The molecule has 3 aliphatic rings. The Morgan fingerprint density at radius 3 is 2.38 bits per heavy atom. The van der Waals surface area contributed by atoms with Crippen molar-refractivity contribution in [2.75, 3.05) is 26.2 Å². The summed E-state index contributed by atoms with van der Waals surface area (Å²) in [5.41, 5.74) is 1.85. The molecule has 8 heteroatoms. The van der Waals surface area contributed by atoms with Crippen molar-refractivity contribution >= 4 is 5.91 Å². The number of hydrogen-bond donors (Lipinski definition) is 1. The molecule has 1 aliphatic carbocycles. The van der Waals surface area contributed by atoms with Crippen molar-refractivity contribution in [2.45, 2.75) is 89.4 Å². The highest BCUT2D eigenvalue weighted by molar-refractivity contribution is 5.85. The van der Waals surface area contributed by atoms with Crippen LogP contribution in [0, 0.1) is 12.7 Å². The summed E-state index contributed by atoms with van der Waals surface area (Å²) in [6, 6.07) is 14.4. The average molecular weight is 541 g/mol. The molecule has 3 fully saturated rings. The van der Waals surface area contributed by atoms with E-state index in [-0.39, 0.29) is 30.5 Å². The third kappa shape index (κ3) is 7.05. The number of halogens is 1. The maximum absolute atomic E-state index is 13.9. The second-order valence-electron chi connectivity index (χ2n) is 11.6. The van der Waals surface area contributed by atoms with Crippen LogP contribution < -0.4 is 5.32 Å². The molecule has 1 saturated carbocycles. The van der Waals surface area contributed by atoms with Crippen LogP contribution in [-0.2, 0) is 37.0 Å². The van der Waals surface area contributed by atoms with Crippen LogP contribution in [0.1, 0.15) is 56.2 Å². The maximum atomic E-state index is 13.9. The fraction of sp³-hybridized carbons (Fsp3) is 0.581. The Morgan fingerprint density at radius 2 is 1.67 bits per heavy atom. The van der Waals surface area contributed by atoms with Crippen molar-refractivity contribution in [1.82, 2.24) is 10.2 Å². The Kier molecular flexibility index (Phi) is 8.69. The molecule has 1 N–H and O–H groups in total. The monoisotopic (exact) mass is 540 g/mol. The quantitative estimate of drug-likeness (QED) is 0.479. The van der Waals surface area contributed by atoms with Gasteiger partial charge in [-0.05, 0) is 70.0 Å². The number of benzene rings is 2. The number of likely N-dealkylation sites (tertiary alicyclic amines) is 1. The van der Waals surface area contributed by atoms with Crippen molar-refractivity contribution in [2.24, 2.45) is 0 Å². The zero-order valence-electron chi connectivity index (χ0n) is 23.3. The van der Waals surface area contributed by atoms with E-state index in [1.807, 2.05) is 13.8 Å². The molecule has 4 atom stereocenters. The summed E-state index contributed by atoms with van der Waals surface area (Å²) >= 11 is 0. The van der Waals surface area contributed by atoms with Gasteiger partial charge in [0.05, 0.1) is 25.4 Å². The normalized spacial score (nSPS) is 28.4. The van der Waals surface area contributed by atoms with E-state index in [4.69, 9.17) is 18.9 Å². The van der Waals surface area contributed by atoms with Gasteiger partial charge < -0.3 is 29.2 Å². The van der Waals surface area contributed by atoms with Crippen LogP contribution in [0.25, 0.3) is 0 Å². The second-order valence-corrected chi connectivity index (χ2v) is 11.6. The zero-order chi connectivity index (χ0) is 27.5. The predicted molar refractivity (Wildman–Crippen MR) is 145 cm³/mol. The minimum Gasteiger partial charge on any atom is -0.371 e. The minimum atomic E-state index is -1.18. The Balaban J connectivity index is 1.36. The fourth-order valence-corrected chi connectivity index (χ4v) is 5.89. The highest BCUT2D eigenvalue weighted by Gasteiger charge is 2.58. The summed E-state index contributed by atoms with van der Waals surface area (Å²) < 4.78 is 39.0. The van der Waals surface area contributed by atoms with Gasteiger partial charge in [0, 0.05) is 25.9 Å². The third-order valence-corrected chi connectivity index (χ3v) is 7.99. The van der Waals surface area contributed by atoms with Gasteiger partial charge in [-0.25, -0.2) is 4.39 Å². The van der Waals surface area contributed by atoms with Gasteiger partial charge in [0.1, 0.15) is 11.9 Å². The molecule has 0 aromatic heterocycles. The Labute approximate surface area is 230 Å². The molecule has 5 rings (SSSR count). The van der Waals surface area contributed by atoms with Crippen molar-refractivity contribution in [3.8, 4) is 0 Å². The molecule has 2 aliphatic heterocycles. The summed E-state index contributed by atoms with van der Waals surface area (Å²) in [6.07, 6.45) is 1.99.